The summed E-state index contributed by atoms with van der Waals surface area (Å²) >= 11 is 1.64. The van der Waals surface area contributed by atoms with Crippen molar-refractivity contribution in [1.29, 1.82) is 0 Å². The van der Waals surface area contributed by atoms with Gasteiger partial charge in [0, 0.05) is 36.1 Å². The molecule has 0 saturated heterocycles. The van der Waals surface area contributed by atoms with E-state index >= 15 is 0 Å². The summed E-state index contributed by atoms with van der Waals surface area (Å²) in [5.74, 6) is -0.309. The molecule has 5 heteroatoms. The molecule has 1 unspecified atom stereocenters. The van der Waals surface area contributed by atoms with Crippen LogP contribution in [0.3, 0.4) is 0 Å². The molecule has 0 aliphatic rings. The minimum atomic E-state index is -0.832. The van der Waals surface area contributed by atoms with Crippen LogP contribution < -0.4 is 0 Å². The second kappa shape index (κ2) is 14.6. The second-order valence-corrected chi connectivity index (χ2v) is 8.09. The predicted molar refractivity (Wildman–Crippen MR) is 113 cm³/mol. The first-order valence-corrected chi connectivity index (χ1v) is 11.2. The van der Waals surface area contributed by atoms with E-state index < -0.39 is 5.97 Å². The normalized spacial score (nSPS) is 11.9. The summed E-state index contributed by atoms with van der Waals surface area (Å²) in [6, 6.07) is 10.0. The van der Waals surface area contributed by atoms with E-state index in [1.54, 1.807) is 11.8 Å². The van der Waals surface area contributed by atoms with Crippen molar-refractivity contribution in [2.75, 3.05) is 18.8 Å². The molecule has 1 aromatic rings. The van der Waals surface area contributed by atoms with Gasteiger partial charge in [0.15, 0.2) is 0 Å². The Hall–Kier alpha value is -1.49. The Morgan fingerprint density at radius 3 is 2.11 bits per heavy atom. The number of carboxylic acids is 1. The molecular formula is C22H35NO3S. The highest BCUT2D eigenvalue weighted by Crippen LogP contribution is 2.24. The maximum Gasteiger partial charge on any atom is 0.303 e. The van der Waals surface area contributed by atoms with Crippen molar-refractivity contribution in [2.24, 2.45) is 5.92 Å². The molecule has 1 aromatic carbocycles. The molecule has 0 aliphatic heterocycles. The summed E-state index contributed by atoms with van der Waals surface area (Å²) < 4.78 is 0. The van der Waals surface area contributed by atoms with Gasteiger partial charge in [0.25, 0.3) is 0 Å². The number of hydrogen-bond acceptors (Lipinski definition) is 3. The molecule has 1 atom stereocenters. The van der Waals surface area contributed by atoms with Crippen LogP contribution in [-0.2, 0) is 9.59 Å². The number of nitrogens with zero attached hydrogens (tertiary/aromatic N) is 1. The van der Waals surface area contributed by atoms with Gasteiger partial charge in [0.1, 0.15) is 0 Å². The largest absolute Gasteiger partial charge is 0.481 e. The highest BCUT2D eigenvalue weighted by atomic mass is 32.2. The van der Waals surface area contributed by atoms with Crippen LogP contribution in [0.5, 0.6) is 0 Å². The lowest BCUT2D eigenvalue weighted by Gasteiger charge is -2.27. The van der Waals surface area contributed by atoms with E-state index in [1.807, 2.05) is 35.2 Å². The Labute approximate surface area is 168 Å². The van der Waals surface area contributed by atoms with Gasteiger partial charge in [0.05, 0.1) is 0 Å². The third-order valence-corrected chi connectivity index (χ3v) is 5.80. The summed E-state index contributed by atoms with van der Waals surface area (Å²) in [5.41, 5.74) is 0. The number of carboxylic acid groups (broad SMARTS) is 1. The molecule has 1 N–H and O–H groups in total. The Kier molecular flexibility index (Phi) is 12.7. The maximum atomic E-state index is 13.2. The average molecular weight is 394 g/mol. The molecule has 0 spiro atoms. The van der Waals surface area contributed by atoms with Crippen molar-refractivity contribution in [3.8, 4) is 0 Å². The lowest BCUT2D eigenvalue weighted by atomic mass is 10.0. The van der Waals surface area contributed by atoms with E-state index in [-0.39, 0.29) is 18.2 Å². The summed E-state index contributed by atoms with van der Waals surface area (Å²) in [6.07, 6.45) is 6.99. The van der Waals surface area contributed by atoms with E-state index in [4.69, 9.17) is 5.11 Å². The van der Waals surface area contributed by atoms with Crippen molar-refractivity contribution in [3.05, 3.63) is 30.3 Å². The third kappa shape index (κ3) is 10.4. The molecule has 4 nitrogen and oxygen atoms in total. The maximum absolute atomic E-state index is 13.2. The predicted octanol–water partition coefficient (Wildman–Crippen LogP) is 5.47. The number of aliphatic carboxylic acids is 1. The quantitative estimate of drug-likeness (QED) is 0.317. The Morgan fingerprint density at radius 2 is 1.59 bits per heavy atom. The van der Waals surface area contributed by atoms with Gasteiger partial charge in [-0.3, -0.25) is 9.59 Å². The molecule has 0 saturated carbocycles. The average Bonchev–Trinajstić information content (AvgIpc) is 2.67. The van der Waals surface area contributed by atoms with Gasteiger partial charge >= 0.3 is 5.97 Å². The van der Waals surface area contributed by atoms with Gasteiger partial charge in [0.2, 0.25) is 5.91 Å². The van der Waals surface area contributed by atoms with E-state index in [0.29, 0.717) is 12.2 Å². The van der Waals surface area contributed by atoms with Gasteiger partial charge in [-0.2, -0.15) is 0 Å². The van der Waals surface area contributed by atoms with Gasteiger partial charge < -0.3 is 10.0 Å². The molecule has 1 rings (SSSR count). The Balaban J connectivity index is 2.75. The third-order valence-electron chi connectivity index (χ3n) is 4.63. The van der Waals surface area contributed by atoms with Crippen molar-refractivity contribution in [3.63, 3.8) is 0 Å². The fourth-order valence-corrected chi connectivity index (χ4v) is 4.04. The van der Waals surface area contributed by atoms with E-state index in [9.17, 15) is 9.59 Å². The first-order chi connectivity index (χ1) is 13.1. The first kappa shape index (κ1) is 23.5. The minimum absolute atomic E-state index is 0.0452. The van der Waals surface area contributed by atoms with Crippen LogP contribution in [0.25, 0.3) is 0 Å². The zero-order chi connectivity index (χ0) is 19.9. The molecule has 0 radical (unpaired) electrons. The lowest BCUT2D eigenvalue weighted by molar-refractivity contribution is -0.138. The molecular weight excluding hydrogens is 358 g/mol. The van der Waals surface area contributed by atoms with E-state index in [2.05, 4.69) is 13.8 Å². The fourth-order valence-electron chi connectivity index (χ4n) is 2.99. The zero-order valence-corrected chi connectivity index (χ0v) is 17.7. The SMILES string of the molecule is CCCCCN(CCCCC)C(=O)C(CCC(=O)O)CSc1ccccc1. The number of unbranched alkanes of at least 4 members (excludes halogenated alkanes) is 4. The van der Waals surface area contributed by atoms with Crippen molar-refractivity contribution in [2.45, 2.75) is 70.1 Å². The number of amides is 1. The highest BCUT2D eigenvalue weighted by Gasteiger charge is 2.25. The molecule has 0 fully saturated rings. The standard InChI is InChI=1S/C22H35NO3S/c1-3-5-10-16-23(17-11-6-4-2)22(26)19(14-15-21(24)25)18-27-20-12-8-7-9-13-20/h7-9,12-13,19H,3-6,10-11,14-18H2,1-2H3,(H,24,25). The zero-order valence-electron chi connectivity index (χ0n) is 16.9. The van der Waals surface area contributed by atoms with Crippen LogP contribution in [0.15, 0.2) is 35.2 Å². The summed E-state index contributed by atoms with van der Waals surface area (Å²) in [4.78, 5) is 27.4. The lowest BCUT2D eigenvalue weighted by Crippen LogP contribution is -2.39. The van der Waals surface area contributed by atoms with Gasteiger partial charge in [-0.05, 0) is 31.4 Å². The van der Waals surface area contributed by atoms with Crippen LogP contribution in [0.4, 0.5) is 0 Å². The van der Waals surface area contributed by atoms with Crippen LogP contribution in [0.2, 0.25) is 0 Å². The number of carbonyl (C=O) groups is 2. The number of rotatable bonds is 15. The number of benzene rings is 1. The molecule has 27 heavy (non-hydrogen) atoms. The summed E-state index contributed by atoms with van der Waals surface area (Å²) in [6.45, 7) is 5.90. The minimum Gasteiger partial charge on any atom is -0.481 e. The van der Waals surface area contributed by atoms with Crippen LogP contribution in [-0.4, -0.2) is 40.7 Å². The van der Waals surface area contributed by atoms with Crippen molar-refractivity contribution >= 4 is 23.6 Å². The van der Waals surface area contributed by atoms with Crippen LogP contribution >= 0.6 is 11.8 Å². The molecule has 0 aromatic heterocycles. The van der Waals surface area contributed by atoms with Gasteiger partial charge in [-0.15, -0.1) is 11.8 Å². The summed E-state index contributed by atoms with van der Waals surface area (Å²) in [7, 11) is 0. The van der Waals surface area contributed by atoms with Gasteiger partial charge in [-0.25, -0.2) is 0 Å². The van der Waals surface area contributed by atoms with Crippen molar-refractivity contribution < 1.29 is 14.7 Å². The van der Waals surface area contributed by atoms with Crippen molar-refractivity contribution in [1.82, 2.24) is 4.90 Å². The number of carbonyl (C=O) groups excluding carboxylic acids is 1. The smallest absolute Gasteiger partial charge is 0.303 e. The monoisotopic (exact) mass is 393 g/mol. The molecule has 152 valence electrons. The first-order valence-electron chi connectivity index (χ1n) is 10.3. The van der Waals surface area contributed by atoms with E-state index in [1.165, 1.54) is 0 Å². The fraction of sp³-hybridized carbons (Fsp3) is 0.636. The molecule has 1 amide bonds. The number of thioether (sulfide) groups is 1. The summed E-state index contributed by atoms with van der Waals surface area (Å²) in [5, 5.41) is 9.08. The number of hydrogen-bond donors (Lipinski definition) is 1. The molecule has 0 bridgehead atoms. The topological polar surface area (TPSA) is 57.6 Å². The molecule has 0 heterocycles. The Bertz CT molecular complexity index is 526. The van der Waals surface area contributed by atoms with Crippen LogP contribution in [0, 0.1) is 5.92 Å². The molecule has 0 aliphatic carbocycles. The Morgan fingerprint density at radius 1 is 1.00 bits per heavy atom. The second-order valence-electron chi connectivity index (χ2n) is 6.99. The van der Waals surface area contributed by atoms with Gasteiger partial charge in [-0.1, -0.05) is 57.7 Å². The van der Waals surface area contributed by atoms with Crippen LogP contribution in [0.1, 0.15) is 65.2 Å². The highest BCUT2D eigenvalue weighted by molar-refractivity contribution is 7.99. The van der Waals surface area contributed by atoms with E-state index in [0.717, 1.165) is 56.5 Å².